The highest BCUT2D eigenvalue weighted by Gasteiger charge is 2.41. The molecule has 0 aromatic heterocycles. The maximum atomic E-state index is 12.9. The summed E-state index contributed by atoms with van der Waals surface area (Å²) in [6.07, 6.45) is 1.25. The molecule has 30 heavy (non-hydrogen) atoms. The fourth-order valence-electron chi connectivity index (χ4n) is 4.05. The minimum Gasteiger partial charge on any atom is -0.338 e. The predicted molar refractivity (Wildman–Crippen MR) is 111 cm³/mol. The lowest BCUT2D eigenvalue weighted by Crippen LogP contribution is -2.48. The standard InChI is InChI=1S/C23H23N3O4/c1-16(27)17-7-9-18(10-8-17)22(29)24-13-11-19(12-14-24)25-15-21(28)26(23(25)30)20-5-3-2-4-6-20/h2-10,19H,11-15H2,1H3. The van der Waals surface area contributed by atoms with Crippen LogP contribution in [0.1, 0.15) is 40.5 Å². The molecule has 0 N–H and O–H groups in total. The number of anilines is 1. The van der Waals surface area contributed by atoms with Crippen molar-refractivity contribution in [2.75, 3.05) is 24.5 Å². The summed E-state index contributed by atoms with van der Waals surface area (Å²) in [5, 5.41) is 0. The smallest absolute Gasteiger partial charge is 0.332 e. The lowest BCUT2D eigenvalue weighted by Gasteiger charge is -2.36. The van der Waals surface area contributed by atoms with E-state index in [1.165, 1.54) is 11.8 Å². The zero-order valence-electron chi connectivity index (χ0n) is 16.8. The largest absolute Gasteiger partial charge is 0.338 e. The number of likely N-dealkylation sites (tertiary alicyclic amines) is 1. The molecule has 0 radical (unpaired) electrons. The van der Waals surface area contributed by atoms with Crippen LogP contribution in [0.5, 0.6) is 0 Å². The van der Waals surface area contributed by atoms with E-state index in [2.05, 4.69) is 0 Å². The van der Waals surface area contributed by atoms with Gasteiger partial charge >= 0.3 is 6.03 Å². The number of hydrogen-bond acceptors (Lipinski definition) is 4. The summed E-state index contributed by atoms with van der Waals surface area (Å²) < 4.78 is 0. The molecule has 2 aliphatic rings. The van der Waals surface area contributed by atoms with Crippen molar-refractivity contribution in [3.05, 3.63) is 65.7 Å². The van der Waals surface area contributed by atoms with Gasteiger partial charge in [-0.2, -0.15) is 0 Å². The van der Waals surface area contributed by atoms with Gasteiger partial charge in [0.05, 0.1) is 5.69 Å². The summed E-state index contributed by atoms with van der Waals surface area (Å²) >= 11 is 0. The Labute approximate surface area is 174 Å². The molecule has 0 aliphatic carbocycles. The lowest BCUT2D eigenvalue weighted by molar-refractivity contribution is -0.116. The molecule has 154 valence electrons. The maximum absolute atomic E-state index is 12.9. The van der Waals surface area contributed by atoms with E-state index >= 15 is 0 Å². The fourth-order valence-corrected chi connectivity index (χ4v) is 4.05. The Balaban J connectivity index is 1.38. The van der Waals surface area contributed by atoms with Crippen LogP contribution in [0.25, 0.3) is 0 Å². The van der Waals surface area contributed by atoms with E-state index < -0.39 is 0 Å². The van der Waals surface area contributed by atoms with Crippen molar-refractivity contribution in [1.82, 2.24) is 9.80 Å². The van der Waals surface area contributed by atoms with E-state index in [9.17, 15) is 19.2 Å². The number of benzene rings is 2. The predicted octanol–water partition coefficient (Wildman–Crippen LogP) is 2.96. The van der Waals surface area contributed by atoms with E-state index in [1.54, 1.807) is 58.3 Å². The molecule has 2 aromatic carbocycles. The van der Waals surface area contributed by atoms with E-state index in [1.807, 2.05) is 6.07 Å². The third-order valence-electron chi connectivity index (χ3n) is 5.74. The van der Waals surface area contributed by atoms with Crippen molar-refractivity contribution >= 4 is 29.3 Å². The zero-order chi connectivity index (χ0) is 21.3. The van der Waals surface area contributed by atoms with Crippen molar-refractivity contribution in [3.63, 3.8) is 0 Å². The third-order valence-corrected chi connectivity index (χ3v) is 5.74. The average Bonchev–Trinajstić information content (AvgIpc) is 3.08. The van der Waals surface area contributed by atoms with Gasteiger partial charge in [0, 0.05) is 30.3 Å². The molecule has 0 bridgehead atoms. The zero-order valence-corrected chi connectivity index (χ0v) is 16.8. The summed E-state index contributed by atoms with van der Waals surface area (Å²) in [6, 6.07) is 15.2. The molecule has 0 spiro atoms. The summed E-state index contributed by atoms with van der Waals surface area (Å²) in [5.41, 5.74) is 1.70. The van der Waals surface area contributed by atoms with Gasteiger partial charge in [-0.3, -0.25) is 14.4 Å². The summed E-state index contributed by atoms with van der Waals surface area (Å²) in [7, 11) is 0. The van der Waals surface area contributed by atoms with Gasteiger partial charge in [0.25, 0.3) is 11.8 Å². The Morgan fingerprint density at radius 3 is 2.07 bits per heavy atom. The van der Waals surface area contributed by atoms with Gasteiger partial charge < -0.3 is 9.80 Å². The third kappa shape index (κ3) is 3.70. The molecule has 0 saturated carbocycles. The molecular weight excluding hydrogens is 382 g/mol. The van der Waals surface area contributed by atoms with Gasteiger partial charge in [-0.05, 0) is 44.0 Å². The topological polar surface area (TPSA) is 78.0 Å². The average molecular weight is 405 g/mol. The van der Waals surface area contributed by atoms with E-state index in [4.69, 9.17) is 0 Å². The summed E-state index contributed by atoms with van der Waals surface area (Å²) in [4.78, 5) is 54.1. The Morgan fingerprint density at radius 2 is 1.47 bits per heavy atom. The highest BCUT2D eigenvalue weighted by molar-refractivity contribution is 6.19. The molecule has 7 nitrogen and oxygen atoms in total. The maximum Gasteiger partial charge on any atom is 0.332 e. The van der Waals surface area contributed by atoms with E-state index in [0.29, 0.717) is 42.7 Å². The van der Waals surface area contributed by atoms with Crippen LogP contribution in [0, 0.1) is 0 Å². The Morgan fingerprint density at radius 1 is 0.867 bits per heavy atom. The molecule has 2 aromatic rings. The monoisotopic (exact) mass is 405 g/mol. The normalized spacial score (nSPS) is 17.6. The summed E-state index contributed by atoms with van der Waals surface area (Å²) in [5.74, 6) is -0.349. The van der Waals surface area contributed by atoms with Crippen LogP contribution in [0.2, 0.25) is 0 Å². The van der Waals surface area contributed by atoms with Gasteiger partial charge in [0.1, 0.15) is 6.54 Å². The lowest BCUT2D eigenvalue weighted by atomic mass is 10.0. The van der Waals surface area contributed by atoms with Crippen LogP contribution in [0.15, 0.2) is 54.6 Å². The molecule has 7 heteroatoms. The first-order chi connectivity index (χ1) is 14.5. The number of imide groups is 1. The minimum atomic E-state index is -0.296. The van der Waals surface area contributed by atoms with Crippen molar-refractivity contribution in [2.24, 2.45) is 0 Å². The fraction of sp³-hybridized carbons (Fsp3) is 0.304. The number of para-hydroxylation sites is 1. The highest BCUT2D eigenvalue weighted by Crippen LogP contribution is 2.26. The van der Waals surface area contributed by atoms with Crippen molar-refractivity contribution < 1.29 is 19.2 Å². The van der Waals surface area contributed by atoms with Crippen molar-refractivity contribution in [3.8, 4) is 0 Å². The quantitative estimate of drug-likeness (QED) is 0.579. The van der Waals surface area contributed by atoms with Gasteiger partial charge in [0.2, 0.25) is 0 Å². The molecule has 4 rings (SSSR count). The van der Waals surface area contributed by atoms with Gasteiger partial charge in [-0.1, -0.05) is 30.3 Å². The molecule has 4 amide bonds. The van der Waals surface area contributed by atoms with E-state index in [-0.39, 0.29) is 36.2 Å². The molecule has 2 fully saturated rings. The Hall–Kier alpha value is -3.48. The number of nitrogens with zero attached hydrogens (tertiary/aromatic N) is 3. The second-order valence-corrected chi connectivity index (χ2v) is 7.63. The van der Waals surface area contributed by atoms with Crippen LogP contribution in [-0.4, -0.2) is 59.1 Å². The molecule has 2 heterocycles. The number of hydrogen-bond donors (Lipinski definition) is 0. The number of Topliss-reactive ketones (excluding diaryl/α,β-unsaturated/α-hetero) is 1. The number of amides is 4. The van der Waals surface area contributed by atoms with Crippen molar-refractivity contribution in [2.45, 2.75) is 25.8 Å². The highest BCUT2D eigenvalue weighted by atomic mass is 16.2. The van der Waals surface area contributed by atoms with Crippen molar-refractivity contribution in [1.29, 1.82) is 0 Å². The molecule has 0 atom stereocenters. The summed E-state index contributed by atoms with van der Waals surface area (Å²) in [6.45, 7) is 2.59. The molecule has 2 saturated heterocycles. The minimum absolute atomic E-state index is 0.0378. The van der Waals surface area contributed by atoms with Crippen LogP contribution in [-0.2, 0) is 4.79 Å². The van der Waals surface area contributed by atoms with Crippen LogP contribution >= 0.6 is 0 Å². The van der Waals surface area contributed by atoms with Gasteiger partial charge in [0.15, 0.2) is 5.78 Å². The number of urea groups is 1. The van der Waals surface area contributed by atoms with Crippen LogP contribution in [0.3, 0.4) is 0 Å². The number of ketones is 1. The second-order valence-electron chi connectivity index (χ2n) is 7.63. The van der Waals surface area contributed by atoms with Gasteiger partial charge in [-0.25, -0.2) is 9.69 Å². The molecular formula is C23H23N3O4. The number of carbonyl (C=O) groups excluding carboxylic acids is 4. The SMILES string of the molecule is CC(=O)c1ccc(C(=O)N2CCC(N3CC(=O)N(c4ccccc4)C3=O)CC2)cc1. The Kier molecular flexibility index (Phi) is 5.35. The number of carbonyl (C=O) groups is 4. The second kappa shape index (κ2) is 8.10. The van der Waals surface area contributed by atoms with Gasteiger partial charge in [-0.15, -0.1) is 0 Å². The number of rotatable bonds is 4. The molecule has 2 aliphatic heterocycles. The van der Waals surface area contributed by atoms with Crippen LogP contribution < -0.4 is 4.90 Å². The first kappa shape index (κ1) is 19.8. The van der Waals surface area contributed by atoms with E-state index in [0.717, 1.165) is 0 Å². The first-order valence-electron chi connectivity index (χ1n) is 10.0. The number of piperidine rings is 1. The first-order valence-corrected chi connectivity index (χ1v) is 10.0. The Bertz CT molecular complexity index is 979. The molecule has 0 unspecified atom stereocenters. The van der Waals surface area contributed by atoms with Crippen LogP contribution in [0.4, 0.5) is 10.5 Å².